The first-order chi connectivity index (χ1) is 18.3. The third kappa shape index (κ3) is 7.14. The number of sulfonamides is 1. The van der Waals surface area contributed by atoms with Gasteiger partial charge in [0.2, 0.25) is 10.0 Å². The van der Waals surface area contributed by atoms with Gasteiger partial charge in [-0.05, 0) is 74.7 Å². The summed E-state index contributed by atoms with van der Waals surface area (Å²) in [5.41, 5.74) is 4.42. The second kappa shape index (κ2) is 12.5. The zero-order chi connectivity index (χ0) is 27.1. The molecule has 0 radical (unpaired) electrons. The molecule has 0 bridgehead atoms. The number of carbonyl (C=O) groups is 1. The first-order valence-electron chi connectivity index (χ1n) is 13.3. The molecule has 7 nitrogen and oxygen atoms in total. The van der Waals surface area contributed by atoms with Crippen LogP contribution in [0.15, 0.2) is 78.9 Å². The molecule has 0 unspecified atom stereocenters. The van der Waals surface area contributed by atoms with E-state index in [-0.39, 0.29) is 11.9 Å². The van der Waals surface area contributed by atoms with Crippen molar-refractivity contribution in [3.8, 4) is 0 Å². The lowest BCUT2D eigenvalue weighted by molar-refractivity contribution is 0.0773. The van der Waals surface area contributed by atoms with Crippen LogP contribution in [0.3, 0.4) is 0 Å². The van der Waals surface area contributed by atoms with Crippen molar-refractivity contribution in [2.75, 3.05) is 42.1 Å². The van der Waals surface area contributed by atoms with Gasteiger partial charge in [-0.15, -0.1) is 0 Å². The van der Waals surface area contributed by atoms with E-state index in [4.69, 9.17) is 0 Å². The maximum atomic E-state index is 12.9. The molecule has 0 spiro atoms. The van der Waals surface area contributed by atoms with E-state index in [9.17, 15) is 13.2 Å². The standard InChI is InChI=1S/C30H38N4O3S/c1-4-33(5-2)30(35)25-14-16-27(17-15-25)34(29-13-9-12-26(22-29)31-38(3,36)37)28-18-20-32(21-19-28)23-24-10-7-6-8-11-24/h6-17,22,28,31H,4-5,18-21,23H2,1-3H3. The van der Waals surface area contributed by atoms with Gasteiger partial charge in [-0.25, -0.2) is 8.42 Å². The number of carbonyl (C=O) groups excluding carboxylic acids is 1. The Bertz CT molecular complexity index is 1300. The monoisotopic (exact) mass is 534 g/mol. The molecule has 1 fully saturated rings. The minimum Gasteiger partial charge on any atom is -0.339 e. The summed E-state index contributed by atoms with van der Waals surface area (Å²) < 4.78 is 26.4. The van der Waals surface area contributed by atoms with E-state index >= 15 is 0 Å². The van der Waals surface area contributed by atoms with Crippen LogP contribution in [0, 0.1) is 0 Å². The maximum absolute atomic E-state index is 12.9. The Hall–Kier alpha value is -3.36. The summed E-state index contributed by atoms with van der Waals surface area (Å²) in [6.07, 6.45) is 3.10. The molecular formula is C30H38N4O3S. The minimum absolute atomic E-state index is 0.0293. The van der Waals surface area contributed by atoms with Crippen LogP contribution in [-0.4, -0.2) is 62.6 Å². The largest absolute Gasteiger partial charge is 0.339 e. The van der Waals surface area contributed by atoms with Gasteiger partial charge in [0.1, 0.15) is 0 Å². The zero-order valence-corrected chi connectivity index (χ0v) is 23.3. The maximum Gasteiger partial charge on any atom is 0.253 e. The highest BCUT2D eigenvalue weighted by atomic mass is 32.2. The third-order valence-corrected chi connectivity index (χ3v) is 7.65. The lowest BCUT2D eigenvalue weighted by atomic mass is 10.00. The van der Waals surface area contributed by atoms with Crippen molar-refractivity contribution in [2.24, 2.45) is 0 Å². The summed E-state index contributed by atoms with van der Waals surface area (Å²) in [5, 5.41) is 0. The Morgan fingerprint density at radius 1 is 0.895 bits per heavy atom. The molecule has 202 valence electrons. The molecule has 1 aliphatic heterocycles. The van der Waals surface area contributed by atoms with Crippen molar-refractivity contribution in [2.45, 2.75) is 39.3 Å². The number of benzene rings is 3. The molecule has 1 aliphatic rings. The van der Waals surface area contributed by atoms with Crippen LogP contribution in [-0.2, 0) is 16.6 Å². The first-order valence-corrected chi connectivity index (χ1v) is 15.2. The molecule has 0 aromatic heterocycles. The number of rotatable bonds is 10. The number of hydrogen-bond donors (Lipinski definition) is 1. The number of likely N-dealkylation sites (tertiary alicyclic amines) is 1. The Labute approximate surface area is 227 Å². The molecule has 1 N–H and O–H groups in total. The highest BCUT2D eigenvalue weighted by molar-refractivity contribution is 7.92. The molecular weight excluding hydrogens is 496 g/mol. The lowest BCUT2D eigenvalue weighted by Gasteiger charge is -2.40. The average molecular weight is 535 g/mol. The molecule has 4 rings (SSSR count). The van der Waals surface area contributed by atoms with Gasteiger partial charge in [0.15, 0.2) is 0 Å². The van der Waals surface area contributed by atoms with Crippen molar-refractivity contribution >= 4 is 33.0 Å². The van der Waals surface area contributed by atoms with Crippen molar-refractivity contribution in [3.05, 3.63) is 90.0 Å². The number of amides is 1. The van der Waals surface area contributed by atoms with Gasteiger partial charge < -0.3 is 9.80 Å². The van der Waals surface area contributed by atoms with Crippen molar-refractivity contribution in [1.82, 2.24) is 9.80 Å². The van der Waals surface area contributed by atoms with Crippen LogP contribution in [0.25, 0.3) is 0 Å². The summed E-state index contributed by atoms with van der Waals surface area (Å²) in [5.74, 6) is 0.0293. The number of hydrogen-bond acceptors (Lipinski definition) is 5. The normalized spacial score (nSPS) is 14.7. The van der Waals surface area contributed by atoms with Gasteiger partial charge in [-0.3, -0.25) is 14.4 Å². The van der Waals surface area contributed by atoms with E-state index in [1.807, 2.05) is 67.3 Å². The summed E-state index contributed by atoms with van der Waals surface area (Å²) >= 11 is 0. The molecule has 1 amide bonds. The fourth-order valence-corrected chi connectivity index (χ4v) is 5.69. The van der Waals surface area contributed by atoms with Crippen LogP contribution >= 0.6 is 0 Å². The number of nitrogens with zero attached hydrogens (tertiary/aromatic N) is 3. The van der Waals surface area contributed by atoms with Gasteiger partial charge in [-0.2, -0.15) is 0 Å². The fourth-order valence-electron chi connectivity index (χ4n) is 5.14. The molecule has 38 heavy (non-hydrogen) atoms. The smallest absolute Gasteiger partial charge is 0.253 e. The third-order valence-electron chi connectivity index (χ3n) is 7.04. The second-order valence-electron chi connectivity index (χ2n) is 9.81. The highest BCUT2D eigenvalue weighted by Crippen LogP contribution is 2.34. The number of piperidine rings is 1. The highest BCUT2D eigenvalue weighted by Gasteiger charge is 2.27. The Kier molecular flexibility index (Phi) is 9.07. The molecule has 8 heteroatoms. The SMILES string of the molecule is CCN(CC)C(=O)c1ccc(N(c2cccc(NS(C)(=O)=O)c2)C2CCN(Cc3ccccc3)CC2)cc1. The first kappa shape index (κ1) is 27.7. The molecule has 1 saturated heterocycles. The molecule has 0 saturated carbocycles. The molecule has 1 heterocycles. The van der Waals surface area contributed by atoms with Crippen molar-refractivity contribution in [1.29, 1.82) is 0 Å². The zero-order valence-electron chi connectivity index (χ0n) is 22.5. The lowest BCUT2D eigenvalue weighted by Crippen LogP contribution is -2.43. The number of nitrogens with one attached hydrogen (secondary N) is 1. The molecule has 3 aromatic carbocycles. The predicted molar refractivity (Wildman–Crippen MR) is 155 cm³/mol. The van der Waals surface area contributed by atoms with Crippen molar-refractivity contribution < 1.29 is 13.2 Å². The summed E-state index contributed by atoms with van der Waals surface area (Å²) in [7, 11) is -3.39. The van der Waals surface area contributed by atoms with E-state index < -0.39 is 10.0 Å². The van der Waals surface area contributed by atoms with Gasteiger partial charge in [0.25, 0.3) is 5.91 Å². The van der Waals surface area contributed by atoms with Gasteiger partial charge in [-0.1, -0.05) is 36.4 Å². The van der Waals surface area contributed by atoms with E-state index in [1.165, 1.54) is 5.56 Å². The van der Waals surface area contributed by atoms with Crippen LogP contribution in [0.2, 0.25) is 0 Å². The van der Waals surface area contributed by atoms with E-state index in [0.717, 1.165) is 50.1 Å². The van der Waals surface area contributed by atoms with Gasteiger partial charge in [0.05, 0.1) is 11.9 Å². The number of anilines is 3. The molecule has 0 atom stereocenters. The molecule has 0 aliphatic carbocycles. The van der Waals surface area contributed by atoms with Crippen molar-refractivity contribution in [3.63, 3.8) is 0 Å². The van der Waals surface area contributed by atoms with Crippen LogP contribution < -0.4 is 9.62 Å². The van der Waals surface area contributed by atoms with Crippen LogP contribution in [0.4, 0.5) is 17.1 Å². The Balaban J connectivity index is 1.59. The predicted octanol–water partition coefficient (Wildman–Crippen LogP) is 5.34. The summed E-state index contributed by atoms with van der Waals surface area (Å²) in [6.45, 7) is 8.18. The summed E-state index contributed by atoms with van der Waals surface area (Å²) in [6, 6.07) is 26.1. The van der Waals surface area contributed by atoms with E-state index in [0.29, 0.717) is 24.3 Å². The fraction of sp³-hybridized carbons (Fsp3) is 0.367. The summed E-state index contributed by atoms with van der Waals surface area (Å²) in [4.78, 5) is 19.5. The van der Waals surface area contributed by atoms with E-state index in [1.54, 1.807) is 6.07 Å². The van der Waals surface area contributed by atoms with Gasteiger partial charge >= 0.3 is 0 Å². The minimum atomic E-state index is -3.39. The van der Waals surface area contributed by atoms with E-state index in [2.05, 4.69) is 38.8 Å². The average Bonchev–Trinajstić information content (AvgIpc) is 2.91. The Morgan fingerprint density at radius 3 is 2.16 bits per heavy atom. The second-order valence-corrected chi connectivity index (χ2v) is 11.6. The molecule has 3 aromatic rings. The van der Waals surface area contributed by atoms with Crippen LogP contribution in [0.1, 0.15) is 42.6 Å². The Morgan fingerprint density at radius 2 is 1.55 bits per heavy atom. The topological polar surface area (TPSA) is 73.0 Å². The quantitative estimate of drug-likeness (QED) is 0.380. The van der Waals surface area contributed by atoms with Crippen LogP contribution in [0.5, 0.6) is 0 Å². The van der Waals surface area contributed by atoms with Gasteiger partial charge in [0, 0.05) is 55.7 Å².